The predicted octanol–water partition coefficient (Wildman–Crippen LogP) is 13.9. The number of ether oxygens (including phenoxy) is 3. The van der Waals surface area contributed by atoms with Crippen LogP contribution in [0.25, 0.3) is 0 Å². The molecule has 0 unspecified atom stereocenters. The van der Waals surface area contributed by atoms with Crippen LogP contribution in [0, 0.1) is 5.92 Å². The number of rotatable bonds is 40. The van der Waals surface area contributed by atoms with Crippen molar-refractivity contribution in [2.24, 2.45) is 5.92 Å². The van der Waals surface area contributed by atoms with Gasteiger partial charge in [0, 0.05) is 19.3 Å². The number of carbonyl (C=O) groups is 3. The highest BCUT2D eigenvalue weighted by molar-refractivity contribution is 5.71. The van der Waals surface area contributed by atoms with Gasteiger partial charge in [0.1, 0.15) is 13.2 Å². The van der Waals surface area contributed by atoms with Gasteiger partial charge in [-0.15, -0.1) is 0 Å². The molecule has 51 heavy (non-hydrogen) atoms. The van der Waals surface area contributed by atoms with Gasteiger partial charge in [0.05, 0.1) is 0 Å². The SMILES string of the molecule is CCCCCCCCCCCC(=O)OC[C@@H](COC(=O)CCCCCCCCCCCCCCC(C)C)OC(=O)CCCCCCCCCCC. The quantitative estimate of drug-likeness (QED) is 0.0356. The summed E-state index contributed by atoms with van der Waals surface area (Å²) in [5, 5.41) is 0. The molecule has 0 rings (SSSR count). The molecular weight excluding hydrogens is 636 g/mol. The molecule has 6 nitrogen and oxygen atoms in total. The predicted molar refractivity (Wildman–Crippen MR) is 215 cm³/mol. The lowest BCUT2D eigenvalue weighted by Gasteiger charge is -2.18. The van der Waals surface area contributed by atoms with Crippen LogP contribution in [0.4, 0.5) is 0 Å². The Hall–Kier alpha value is -1.59. The first kappa shape index (κ1) is 49.4. The van der Waals surface area contributed by atoms with Gasteiger partial charge in [-0.25, -0.2) is 0 Å². The van der Waals surface area contributed by atoms with E-state index in [1.54, 1.807) is 0 Å². The van der Waals surface area contributed by atoms with Crippen molar-refractivity contribution in [1.29, 1.82) is 0 Å². The van der Waals surface area contributed by atoms with Gasteiger partial charge >= 0.3 is 17.9 Å². The fraction of sp³-hybridized carbons (Fsp3) is 0.933. The molecule has 0 aromatic rings. The Balaban J connectivity index is 4.26. The summed E-state index contributed by atoms with van der Waals surface area (Å²) in [5.41, 5.74) is 0. The zero-order chi connectivity index (χ0) is 37.5. The maximum atomic E-state index is 12.6. The lowest BCUT2D eigenvalue weighted by atomic mass is 10.0. The molecule has 0 radical (unpaired) electrons. The largest absolute Gasteiger partial charge is 0.462 e. The lowest BCUT2D eigenvalue weighted by Crippen LogP contribution is -2.30. The van der Waals surface area contributed by atoms with Crippen molar-refractivity contribution >= 4 is 17.9 Å². The van der Waals surface area contributed by atoms with Gasteiger partial charge in [-0.3, -0.25) is 14.4 Å². The molecule has 0 fully saturated rings. The molecule has 0 amide bonds. The summed E-state index contributed by atoms with van der Waals surface area (Å²) >= 11 is 0. The summed E-state index contributed by atoms with van der Waals surface area (Å²) < 4.78 is 16.7. The van der Waals surface area contributed by atoms with Crippen LogP contribution in [-0.4, -0.2) is 37.2 Å². The lowest BCUT2D eigenvalue weighted by molar-refractivity contribution is -0.167. The Morgan fingerprint density at radius 1 is 0.373 bits per heavy atom. The smallest absolute Gasteiger partial charge is 0.306 e. The Morgan fingerprint density at radius 3 is 0.961 bits per heavy atom. The van der Waals surface area contributed by atoms with Crippen LogP contribution >= 0.6 is 0 Å². The maximum absolute atomic E-state index is 12.6. The van der Waals surface area contributed by atoms with Crippen molar-refractivity contribution in [2.45, 2.75) is 252 Å². The van der Waals surface area contributed by atoms with Gasteiger partial charge < -0.3 is 14.2 Å². The Morgan fingerprint density at radius 2 is 0.647 bits per heavy atom. The third-order valence-electron chi connectivity index (χ3n) is 10.0. The maximum Gasteiger partial charge on any atom is 0.306 e. The normalized spacial score (nSPS) is 11.9. The van der Waals surface area contributed by atoms with Gasteiger partial charge in [0.25, 0.3) is 0 Å². The molecule has 302 valence electrons. The average Bonchev–Trinajstić information content (AvgIpc) is 3.11. The van der Waals surface area contributed by atoms with E-state index in [1.807, 2.05) is 0 Å². The van der Waals surface area contributed by atoms with E-state index in [2.05, 4.69) is 27.7 Å². The number of carbonyl (C=O) groups excluding carboxylic acids is 3. The van der Waals surface area contributed by atoms with Crippen LogP contribution in [0.2, 0.25) is 0 Å². The van der Waals surface area contributed by atoms with E-state index < -0.39 is 6.10 Å². The standard InChI is InChI=1S/C45H86O6/c1-5-7-9-11-13-19-24-28-32-36-43(46)49-39-42(51-45(48)38-34-30-26-20-14-12-10-8-6-2)40-50-44(47)37-33-29-25-22-18-16-15-17-21-23-27-31-35-41(3)4/h41-42H,5-40H2,1-4H3/t42-/m0/s1. The van der Waals surface area contributed by atoms with Crippen LogP contribution in [0.3, 0.4) is 0 Å². The number of hydrogen-bond acceptors (Lipinski definition) is 6. The topological polar surface area (TPSA) is 78.9 Å². The highest BCUT2D eigenvalue weighted by Crippen LogP contribution is 2.16. The Bertz CT molecular complexity index is 766. The molecule has 0 aliphatic heterocycles. The molecule has 6 heteroatoms. The first-order valence-electron chi connectivity index (χ1n) is 22.4. The van der Waals surface area contributed by atoms with Crippen molar-refractivity contribution < 1.29 is 28.6 Å². The van der Waals surface area contributed by atoms with E-state index in [-0.39, 0.29) is 31.1 Å². The number of esters is 3. The minimum Gasteiger partial charge on any atom is -0.462 e. The van der Waals surface area contributed by atoms with Gasteiger partial charge in [-0.2, -0.15) is 0 Å². The van der Waals surface area contributed by atoms with E-state index in [0.717, 1.165) is 63.7 Å². The Labute approximate surface area is 317 Å². The van der Waals surface area contributed by atoms with E-state index in [4.69, 9.17) is 14.2 Å². The summed E-state index contributed by atoms with van der Waals surface area (Å²) in [6.45, 7) is 8.96. The fourth-order valence-electron chi connectivity index (χ4n) is 6.63. The van der Waals surface area contributed by atoms with E-state index in [0.29, 0.717) is 19.3 Å². The second kappa shape index (κ2) is 39.6. The number of hydrogen-bond donors (Lipinski definition) is 0. The monoisotopic (exact) mass is 723 g/mol. The Kier molecular flexibility index (Phi) is 38.4. The zero-order valence-electron chi connectivity index (χ0n) is 34.6. The van der Waals surface area contributed by atoms with Crippen molar-refractivity contribution in [2.75, 3.05) is 13.2 Å². The molecule has 0 N–H and O–H groups in total. The third kappa shape index (κ3) is 39.5. The molecule has 0 aromatic heterocycles. The highest BCUT2D eigenvalue weighted by Gasteiger charge is 2.19. The molecular formula is C45H86O6. The van der Waals surface area contributed by atoms with Crippen LogP contribution in [-0.2, 0) is 28.6 Å². The summed E-state index contributed by atoms with van der Waals surface area (Å²) in [7, 11) is 0. The van der Waals surface area contributed by atoms with Gasteiger partial charge in [-0.1, -0.05) is 207 Å². The zero-order valence-corrected chi connectivity index (χ0v) is 34.6. The molecule has 0 saturated carbocycles. The molecule has 0 aliphatic rings. The number of unbranched alkanes of at least 4 members (excludes halogenated alkanes) is 27. The van der Waals surface area contributed by atoms with E-state index in [9.17, 15) is 14.4 Å². The van der Waals surface area contributed by atoms with Gasteiger partial charge in [-0.05, 0) is 25.2 Å². The third-order valence-corrected chi connectivity index (χ3v) is 10.0. The van der Waals surface area contributed by atoms with Crippen molar-refractivity contribution in [3.63, 3.8) is 0 Å². The molecule has 0 saturated heterocycles. The second-order valence-corrected chi connectivity index (χ2v) is 15.8. The van der Waals surface area contributed by atoms with E-state index >= 15 is 0 Å². The van der Waals surface area contributed by atoms with Crippen molar-refractivity contribution in [3.05, 3.63) is 0 Å². The molecule has 1 atom stereocenters. The highest BCUT2D eigenvalue weighted by atomic mass is 16.6. The minimum absolute atomic E-state index is 0.0641. The second-order valence-electron chi connectivity index (χ2n) is 15.8. The minimum atomic E-state index is -0.757. The van der Waals surface area contributed by atoms with Crippen LogP contribution in [0.15, 0.2) is 0 Å². The summed E-state index contributed by atoms with van der Waals surface area (Å²) in [5.74, 6) is -0.0261. The molecule has 0 bridgehead atoms. The van der Waals surface area contributed by atoms with Gasteiger partial charge in [0.15, 0.2) is 6.10 Å². The first-order chi connectivity index (χ1) is 24.9. The van der Waals surface area contributed by atoms with Gasteiger partial charge in [0.2, 0.25) is 0 Å². The van der Waals surface area contributed by atoms with Crippen molar-refractivity contribution in [1.82, 2.24) is 0 Å². The van der Waals surface area contributed by atoms with E-state index in [1.165, 1.54) is 141 Å². The molecule has 0 aromatic carbocycles. The van der Waals surface area contributed by atoms with Crippen LogP contribution < -0.4 is 0 Å². The summed E-state index contributed by atoms with van der Waals surface area (Å²) in [4.78, 5) is 37.6. The molecule has 0 aliphatic carbocycles. The first-order valence-corrected chi connectivity index (χ1v) is 22.4. The molecule has 0 spiro atoms. The average molecular weight is 723 g/mol. The van der Waals surface area contributed by atoms with Crippen LogP contribution in [0.1, 0.15) is 246 Å². The summed E-state index contributed by atoms with van der Waals surface area (Å²) in [6, 6.07) is 0. The van der Waals surface area contributed by atoms with Crippen molar-refractivity contribution in [3.8, 4) is 0 Å². The fourth-order valence-corrected chi connectivity index (χ4v) is 6.63. The molecule has 0 heterocycles. The summed E-state index contributed by atoms with van der Waals surface area (Å²) in [6.07, 6.45) is 38.0. The van der Waals surface area contributed by atoms with Crippen LogP contribution in [0.5, 0.6) is 0 Å².